The Morgan fingerprint density at radius 1 is 1.17 bits per heavy atom. The zero-order valence-corrected chi connectivity index (χ0v) is 16.7. The molecule has 0 bridgehead atoms. The molecule has 0 saturated heterocycles. The van der Waals surface area contributed by atoms with Crippen molar-refractivity contribution in [1.29, 1.82) is 0 Å². The van der Waals surface area contributed by atoms with E-state index in [1.807, 2.05) is 38.2 Å². The highest BCUT2D eigenvalue weighted by atomic mass is 79.9. The van der Waals surface area contributed by atoms with Gasteiger partial charge in [0.15, 0.2) is 6.54 Å². The summed E-state index contributed by atoms with van der Waals surface area (Å²) in [7, 11) is 2.05. The van der Waals surface area contributed by atoms with Crippen molar-refractivity contribution in [2.24, 2.45) is 0 Å². The maximum atomic E-state index is 12.3. The first-order valence-electron chi connectivity index (χ1n) is 7.97. The van der Waals surface area contributed by atoms with Gasteiger partial charge in [0.1, 0.15) is 6.54 Å². The van der Waals surface area contributed by atoms with E-state index in [1.54, 1.807) is 11.8 Å². The number of hydrogen-bond acceptors (Lipinski definition) is 2. The average molecular weight is 408 g/mol. The molecule has 0 fully saturated rings. The first-order chi connectivity index (χ1) is 11.5. The SMILES string of the molecule is CSc1ccc(C[NH+](C)CC(=O)N[C@H](C)c2ccc(Br)cc2)cc1. The summed E-state index contributed by atoms with van der Waals surface area (Å²) in [6, 6.07) is 16.6. The molecule has 2 rings (SSSR count). The molecule has 0 aliphatic heterocycles. The highest BCUT2D eigenvalue weighted by Gasteiger charge is 2.14. The Balaban J connectivity index is 1.83. The molecule has 0 aromatic heterocycles. The molecule has 0 spiro atoms. The van der Waals surface area contributed by atoms with Gasteiger partial charge in [0.05, 0.1) is 13.1 Å². The first kappa shape index (κ1) is 19.0. The lowest BCUT2D eigenvalue weighted by Crippen LogP contribution is -3.08. The summed E-state index contributed by atoms with van der Waals surface area (Å²) >= 11 is 5.17. The summed E-state index contributed by atoms with van der Waals surface area (Å²) in [5.41, 5.74) is 2.36. The maximum absolute atomic E-state index is 12.3. The standard InChI is InChI=1S/C19H23BrN2OS/c1-14(16-6-8-17(20)9-7-16)21-19(23)13-22(2)12-15-4-10-18(24-3)11-5-15/h4-11,14H,12-13H2,1-3H3,(H,21,23)/p+1/t14-/m1/s1. The van der Waals surface area contributed by atoms with Crippen LogP contribution in [0.1, 0.15) is 24.1 Å². The lowest BCUT2D eigenvalue weighted by molar-refractivity contribution is -0.885. The Bertz CT molecular complexity index is 658. The Hall–Kier alpha value is -1.30. The third-order valence-electron chi connectivity index (χ3n) is 3.87. The van der Waals surface area contributed by atoms with E-state index in [2.05, 4.69) is 51.8 Å². The van der Waals surface area contributed by atoms with Gasteiger partial charge in [-0.15, -0.1) is 11.8 Å². The summed E-state index contributed by atoms with van der Waals surface area (Å²) in [5, 5.41) is 3.07. The predicted octanol–water partition coefficient (Wildman–Crippen LogP) is 3.06. The van der Waals surface area contributed by atoms with Crippen LogP contribution in [-0.2, 0) is 11.3 Å². The van der Waals surface area contributed by atoms with Gasteiger partial charge in [0, 0.05) is 14.9 Å². The molecule has 0 radical (unpaired) electrons. The van der Waals surface area contributed by atoms with E-state index in [0.29, 0.717) is 6.54 Å². The summed E-state index contributed by atoms with van der Waals surface area (Å²) in [6.45, 7) is 3.32. The molecular formula is C19H24BrN2OS+. The van der Waals surface area contributed by atoms with Crippen LogP contribution >= 0.6 is 27.7 Å². The number of carbonyl (C=O) groups is 1. The molecule has 3 nitrogen and oxygen atoms in total. The zero-order chi connectivity index (χ0) is 17.5. The van der Waals surface area contributed by atoms with Gasteiger partial charge in [-0.2, -0.15) is 0 Å². The Kier molecular flexibility index (Phi) is 7.34. The van der Waals surface area contributed by atoms with Crippen molar-refractivity contribution in [2.45, 2.75) is 24.4 Å². The fraction of sp³-hybridized carbons (Fsp3) is 0.316. The number of benzene rings is 2. The zero-order valence-electron chi connectivity index (χ0n) is 14.3. The predicted molar refractivity (Wildman–Crippen MR) is 104 cm³/mol. The van der Waals surface area contributed by atoms with Gasteiger partial charge in [-0.25, -0.2) is 0 Å². The number of carbonyl (C=O) groups excluding carboxylic acids is 1. The number of nitrogens with one attached hydrogen (secondary N) is 2. The lowest BCUT2D eigenvalue weighted by atomic mass is 10.1. The Labute approximate surface area is 157 Å². The Morgan fingerprint density at radius 2 is 1.79 bits per heavy atom. The fourth-order valence-corrected chi connectivity index (χ4v) is 3.23. The van der Waals surface area contributed by atoms with Gasteiger partial charge < -0.3 is 10.2 Å². The van der Waals surface area contributed by atoms with Crippen LogP contribution in [0.15, 0.2) is 57.9 Å². The molecular weight excluding hydrogens is 384 g/mol. The van der Waals surface area contributed by atoms with Crippen LogP contribution in [0.5, 0.6) is 0 Å². The van der Waals surface area contributed by atoms with Crippen LogP contribution in [0, 0.1) is 0 Å². The minimum absolute atomic E-state index is 0.0132. The van der Waals surface area contributed by atoms with E-state index in [1.165, 1.54) is 15.4 Å². The lowest BCUT2D eigenvalue weighted by Gasteiger charge is -2.17. The van der Waals surface area contributed by atoms with Gasteiger partial charge in [0.2, 0.25) is 0 Å². The van der Waals surface area contributed by atoms with Crippen LogP contribution in [-0.4, -0.2) is 25.8 Å². The van der Waals surface area contributed by atoms with Gasteiger partial charge >= 0.3 is 0 Å². The highest BCUT2D eigenvalue weighted by molar-refractivity contribution is 9.10. The van der Waals surface area contributed by atoms with Crippen LogP contribution < -0.4 is 10.2 Å². The van der Waals surface area contributed by atoms with Crippen LogP contribution in [0.3, 0.4) is 0 Å². The summed E-state index contributed by atoms with van der Waals surface area (Å²) in [5.74, 6) is 0.0728. The van der Waals surface area contributed by atoms with Gasteiger partial charge in [-0.05, 0) is 43.0 Å². The van der Waals surface area contributed by atoms with Crippen molar-refractivity contribution < 1.29 is 9.69 Å². The van der Waals surface area contributed by atoms with E-state index in [4.69, 9.17) is 0 Å². The van der Waals surface area contributed by atoms with E-state index in [-0.39, 0.29) is 11.9 Å². The molecule has 5 heteroatoms. The molecule has 2 atom stereocenters. The number of likely N-dealkylation sites (N-methyl/N-ethyl adjacent to an activating group) is 1. The topological polar surface area (TPSA) is 33.5 Å². The second kappa shape index (κ2) is 9.25. The van der Waals surface area contributed by atoms with Crippen molar-refractivity contribution in [3.63, 3.8) is 0 Å². The number of hydrogen-bond donors (Lipinski definition) is 2. The molecule has 128 valence electrons. The summed E-state index contributed by atoms with van der Waals surface area (Å²) in [4.78, 5) is 14.7. The van der Waals surface area contributed by atoms with Crippen molar-refractivity contribution in [1.82, 2.24) is 5.32 Å². The maximum Gasteiger partial charge on any atom is 0.275 e. The molecule has 24 heavy (non-hydrogen) atoms. The van der Waals surface area contributed by atoms with Crippen molar-refractivity contribution in [2.75, 3.05) is 19.8 Å². The quantitative estimate of drug-likeness (QED) is 0.691. The van der Waals surface area contributed by atoms with Crippen LogP contribution in [0.2, 0.25) is 0 Å². The molecule has 1 amide bonds. The van der Waals surface area contributed by atoms with Crippen LogP contribution in [0.4, 0.5) is 0 Å². The number of quaternary nitrogens is 1. The largest absolute Gasteiger partial charge is 0.345 e. The first-order valence-corrected chi connectivity index (χ1v) is 9.98. The molecule has 2 aromatic carbocycles. The minimum Gasteiger partial charge on any atom is -0.345 e. The second-order valence-electron chi connectivity index (χ2n) is 6.00. The molecule has 0 heterocycles. The number of thioether (sulfide) groups is 1. The van der Waals surface area contributed by atoms with Gasteiger partial charge in [0.25, 0.3) is 5.91 Å². The fourth-order valence-electron chi connectivity index (χ4n) is 2.56. The molecule has 2 N–H and O–H groups in total. The van der Waals surface area contributed by atoms with E-state index < -0.39 is 0 Å². The van der Waals surface area contributed by atoms with Crippen molar-refractivity contribution in [3.05, 3.63) is 64.1 Å². The molecule has 0 aliphatic carbocycles. The normalized spacial score (nSPS) is 13.3. The van der Waals surface area contributed by atoms with Gasteiger partial charge in [-0.1, -0.05) is 40.2 Å². The van der Waals surface area contributed by atoms with Crippen LogP contribution in [0.25, 0.3) is 0 Å². The van der Waals surface area contributed by atoms with Crippen molar-refractivity contribution >= 4 is 33.6 Å². The van der Waals surface area contributed by atoms with Crippen molar-refractivity contribution in [3.8, 4) is 0 Å². The average Bonchev–Trinajstić information content (AvgIpc) is 2.55. The number of amides is 1. The molecule has 1 unspecified atom stereocenters. The number of halogens is 1. The summed E-state index contributed by atoms with van der Waals surface area (Å²) in [6.07, 6.45) is 2.07. The Morgan fingerprint density at radius 3 is 2.38 bits per heavy atom. The number of rotatable bonds is 7. The molecule has 0 aliphatic rings. The smallest absolute Gasteiger partial charge is 0.275 e. The van der Waals surface area contributed by atoms with E-state index in [0.717, 1.165) is 16.6 Å². The van der Waals surface area contributed by atoms with Gasteiger partial charge in [-0.3, -0.25) is 4.79 Å². The van der Waals surface area contributed by atoms with E-state index in [9.17, 15) is 4.79 Å². The summed E-state index contributed by atoms with van der Waals surface area (Å²) < 4.78 is 1.04. The minimum atomic E-state index is 0.0132. The molecule has 2 aromatic rings. The third-order valence-corrected chi connectivity index (χ3v) is 5.15. The molecule has 0 saturated carbocycles. The second-order valence-corrected chi connectivity index (χ2v) is 7.79. The van der Waals surface area contributed by atoms with E-state index >= 15 is 0 Å². The highest BCUT2D eigenvalue weighted by Crippen LogP contribution is 2.16. The third kappa shape index (κ3) is 5.96. The monoisotopic (exact) mass is 407 g/mol.